The van der Waals surface area contributed by atoms with Crippen molar-refractivity contribution in [2.45, 2.75) is 36.5 Å². The number of nitrogens with one attached hydrogen (secondary N) is 1. The summed E-state index contributed by atoms with van der Waals surface area (Å²) in [6, 6.07) is 1.92. The summed E-state index contributed by atoms with van der Waals surface area (Å²) < 4.78 is 28.8. The zero-order valence-corrected chi connectivity index (χ0v) is 13.2. The summed E-state index contributed by atoms with van der Waals surface area (Å²) in [6.07, 6.45) is 4.91. The maximum Gasteiger partial charge on any atom is 0.187 e. The van der Waals surface area contributed by atoms with Crippen molar-refractivity contribution in [3.63, 3.8) is 0 Å². The van der Waals surface area contributed by atoms with Gasteiger partial charge in [0.25, 0.3) is 0 Å². The number of nitrogen functional groups attached to an aromatic ring is 1. The number of hydrogen-bond donors (Lipinski definition) is 2. The number of aromatic nitrogens is 2. The third-order valence-corrected chi connectivity index (χ3v) is 6.79. The molecule has 0 radical (unpaired) electrons. The largest absolute Gasteiger partial charge is 0.382 e. The molecule has 0 amide bonds. The molecule has 21 heavy (non-hydrogen) atoms. The van der Waals surface area contributed by atoms with Crippen molar-refractivity contribution in [1.82, 2.24) is 9.36 Å². The molecule has 2 heterocycles. The Hall–Kier alpha value is -1.67. The molecule has 3 N–H and O–H groups in total. The summed E-state index contributed by atoms with van der Waals surface area (Å²) in [5.41, 5.74) is 7.87. The van der Waals surface area contributed by atoms with E-state index in [0.29, 0.717) is 24.4 Å². The summed E-state index contributed by atoms with van der Waals surface area (Å²) in [4.78, 5) is 4.24. The highest BCUT2D eigenvalue weighted by molar-refractivity contribution is 7.92. The second kappa shape index (κ2) is 5.27. The van der Waals surface area contributed by atoms with Gasteiger partial charge in [-0.1, -0.05) is 0 Å². The van der Waals surface area contributed by atoms with Gasteiger partial charge in [-0.2, -0.15) is 4.37 Å². The van der Waals surface area contributed by atoms with Gasteiger partial charge in [0, 0.05) is 18.9 Å². The maximum absolute atomic E-state index is 12.4. The predicted molar refractivity (Wildman–Crippen MR) is 83.0 cm³/mol. The lowest BCUT2D eigenvalue weighted by Crippen LogP contribution is -2.11. The van der Waals surface area contributed by atoms with Crippen LogP contribution in [0.25, 0.3) is 0 Å². The molecule has 0 spiro atoms. The van der Waals surface area contributed by atoms with Crippen LogP contribution in [0.15, 0.2) is 23.4 Å². The lowest BCUT2D eigenvalue weighted by molar-refractivity contribution is 0.595. The molecule has 0 atom stereocenters. The van der Waals surface area contributed by atoms with Gasteiger partial charge in [-0.3, -0.25) is 4.98 Å². The van der Waals surface area contributed by atoms with Crippen molar-refractivity contribution in [1.29, 1.82) is 0 Å². The molecule has 3 rings (SSSR count). The van der Waals surface area contributed by atoms with E-state index in [2.05, 4.69) is 14.7 Å². The highest BCUT2D eigenvalue weighted by atomic mass is 32.2. The Labute approximate surface area is 127 Å². The van der Waals surface area contributed by atoms with E-state index in [9.17, 15) is 8.42 Å². The average molecular weight is 324 g/mol. The van der Waals surface area contributed by atoms with E-state index in [0.717, 1.165) is 22.7 Å². The average Bonchev–Trinajstić information content (AvgIpc) is 3.23. The number of hydrogen-bond acceptors (Lipinski definition) is 7. The Balaban J connectivity index is 1.86. The van der Waals surface area contributed by atoms with Crippen molar-refractivity contribution >= 4 is 32.2 Å². The smallest absolute Gasteiger partial charge is 0.187 e. The lowest BCUT2D eigenvalue weighted by Gasteiger charge is -2.09. The second-order valence-corrected chi connectivity index (χ2v) is 8.06. The number of rotatable bonds is 5. The van der Waals surface area contributed by atoms with Gasteiger partial charge in [-0.25, -0.2) is 8.42 Å². The fourth-order valence-electron chi connectivity index (χ4n) is 2.08. The number of nitrogens with zero attached hydrogens (tertiary/aromatic N) is 2. The van der Waals surface area contributed by atoms with Crippen molar-refractivity contribution in [3.05, 3.63) is 29.6 Å². The third kappa shape index (κ3) is 2.73. The van der Waals surface area contributed by atoms with Crippen LogP contribution < -0.4 is 11.1 Å². The van der Waals surface area contributed by atoms with E-state index in [4.69, 9.17) is 5.73 Å². The molecular formula is C13H16N4O2S2. The SMILES string of the molecule is Cc1ccncc1CNc1snc(N)c1S(=O)(=O)C1CC1. The molecule has 0 aromatic carbocycles. The Morgan fingerprint density at radius 2 is 2.24 bits per heavy atom. The number of anilines is 2. The molecule has 0 bridgehead atoms. The minimum absolute atomic E-state index is 0.0947. The molecule has 0 saturated heterocycles. The number of pyridine rings is 1. The molecule has 2 aromatic heterocycles. The molecule has 6 nitrogen and oxygen atoms in total. The maximum atomic E-state index is 12.4. The van der Waals surface area contributed by atoms with Gasteiger partial charge >= 0.3 is 0 Å². The molecule has 2 aromatic rings. The molecule has 112 valence electrons. The van der Waals surface area contributed by atoms with Gasteiger partial charge in [0.1, 0.15) is 9.90 Å². The number of sulfone groups is 1. The van der Waals surface area contributed by atoms with Gasteiger partial charge in [0.2, 0.25) is 0 Å². The van der Waals surface area contributed by atoms with Gasteiger partial charge < -0.3 is 11.1 Å². The molecule has 0 unspecified atom stereocenters. The lowest BCUT2D eigenvalue weighted by atomic mass is 10.2. The van der Waals surface area contributed by atoms with E-state index < -0.39 is 9.84 Å². The van der Waals surface area contributed by atoms with Crippen LogP contribution in [0.4, 0.5) is 10.8 Å². The second-order valence-electron chi connectivity index (χ2n) is 5.13. The van der Waals surface area contributed by atoms with Crippen LogP contribution in [0.2, 0.25) is 0 Å². The summed E-state index contributed by atoms with van der Waals surface area (Å²) in [7, 11) is -3.35. The Morgan fingerprint density at radius 3 is 2.90 bits per heavy atom. The topological polar surface area (TPSA) is 98.0 Å². The fourth-order valence-corrected chi connectivity index (χ4v) is 4.96. The molecule has 0 aliphatic heterocycles. The van der Waals surface area contributed by atoms with Crippen molar-refractivity contribution in [3.8, 4) is 0 Å². The summed E-state index contributed by atoms with van der Waals surface area (Å²) in [5.74, 6) is 0.0947. The first-order valence-corrected chi connectivity index (χ1v) is 8.94. The summed E-state index contributed by atoms with van der Waals surface area (Å²) in [5, 5.41) is 3.36. The molecule has 1 aliphatic carbocycles. The molecule has 1 saturated carbocycles. The zero-order chi connectivity index (χ0) is 15.0. The minimum Gasteiger partial charge on any atom is -0.382 e. The molecule has 1 aliphatic rings. The van der Waals surface area contributed by atoms with Crippen molar-refractivity contribution in [2.75, 3.05) is 11.1 Å². The minimum atomic E-state index is -3.35. The van der Waals surface area contributed by atoms with Crippen LogP contribution in [0.5, 0.6) is 0 Å². The van der Waals surface area contributed by atoms with E-state index >= 15 is 0 Å². The monoisotopic (exact) mass is 324 g/mol. The van der Waals surface area contributed by atoms with Crippen LogP contribution in [-0.2, 0) is 16.4 Å². The first kappa shape index (κ1) is 14.3. The van der Waals surface area contributed by atoms with Crippen LogP contribution in [-0.4, -0.2) is 23.0 Å². The predicted octanol–water partition coefficient (Wildman–Crippen LogP) is 1.98. The Kier molecular flexibility index (Phi) is 3.58. The van der Waals surface area contributed by atoms with Gasteiger partial charge in [-0.05, 0) is 48.5 Å². The molecule has 8 heteroatoms. The highest BCUT2D eigenvalue weighted by Gasteiger charge is 2.40. The fraction of sp³-hybridized carbons (Fsp3) is 0.385. The third-order valence-electron chi connectivity index (χ3n) is 3.51. The van der Waals surface area contributed by atoms with Crippen LogP contribution in [0.1, 0.15) is 24.0 Å². The van der Waals surface area contributed by atoms with E-state index in [1.165, 1.54) is 0 Å². The Bertz CT molecular complexity index is 766. The van der Waals surface area contributed by atoms with E-state index in [1.807, 2.05) is 13.0 Å². The van der Waals surface area contributed by atoms with Crippen LogP contribution in [0, 0.1) is 6.92 Å². The van der Waals surface area contributed by atoms with Crippen LogP contribution >= 0.6 is 11.5 Å². The number of aryl methyl sites for hydroxylation is 1. The Morgan fingerprint density at radius 1 is 1.48 bits per heavy atom. The first-order chi connectivity index (χ1) is 10.00. The van der Waals surface area contributed by atoms with Gasteiger partial charge in [0.05, 0.1) is 5.25 Å². The normalized spacial score (nSPS) is 15.1. The summed E-state index contributed by atoms with van der Waals surface area (Å²) >= 11 is 1.09. The standard InChI is InChI=1S/C13H16N4O2S2/c1-8-4-5-15-6-9(8)7-16-13-11(12(14)17-20-13)21(18,19)10-2-3-10/h4-6,10,16H,2-3,7H2,1H3,(H2,14,17). The van der Waals surface area contributed by atoms with Gasteiger partial charge in [-0.15, -0.1) is 0 Å². The van der Waals surface area contributed by atoms with Crippen LogP contribution in [0.3, 0.4) is 0 Å². The van der Waals surface area contributed by atoms with Gasteiger partial charge in [0.15, 0.2) is 15.7 Å². The number of nitrogens with two attached hydrogens (primary N) is 1. The first-order valence-electron chi connectivity index (χ1n) is 6.62. The summed E-state index contributed by atoms with van der Waals surface area (Å²) in [6.45, 7) is 2.48. The zero-order valence-electron chi connectivity index (χ0n) is 11.5. The van der Waals surface area contributed by atoms with Crippen molar-refractivity contribution < 1.29 is 8.42 Å². The quantitative estimate of drug-likeness (QED) is 0.872. The van der Waals surface area contributed by atoms with E-state index in [-0.39, 0.29) is 16.0 Å². The molecular weight excluding hydrogens is 308 g/mol. The van der Waals surface area contributed by atoms with E-state index in [1.54, 1.807) is 12.4 Å². The highest BCUT2D eigenvalue weighted by Crippen LogP contribution is 2.41. The van der Waals surface area contributed by atoms with Crippen molar-refractivity contribution in [2.24, 2.45) is 0 Å². The molecule has 1 fully saturated rings.